The van der Waals surface area contributed by atoms with Crippen LogP contribution in [-0.4, -0.2) is 51.3 Å². The van der Waals surface area contributed by atoms with E-state index in [2.05, 4.69) is 4.72 Å². The maximum atomic E-state index is 14.7. The molecular formula is C32H29F3N2O9S. The molecule has 0 bridgehead atoms. The maximum absolute atomic E-state index is 14.7. The highest BCUT2D eigenvalue weighted by Gasteiger charge is 2.24. The van der Waals surface area contributed by atoms with Crippen molar-refractivity contribution < 1.29 is 50.1 Å². The van der Waals surface area contributed by atoms with Gasteiger partial charge in [0.05, 0.1) is 32.0 Å². The van der Waals surface area contributed by atoms with Crippen molar-refractivity contribution in [2.45, 2.75) is 6.92 Å². The summed E-state index contributed by atoms with van der Waals surface area (Å²) in [5.41, 5.74) is 0.328. The number of hydrogen-bond acceptors (Lipinski definition) is 9. The van der Waals surface area contributed by atoms with Crippen molar-refractivity contribution in [2.75, 3.05) is 37.9 Å². The van der Waals surface area contributed by atoms with E-state index in [-0.39, 0.29) is 75.5 Å². The van der Waals surface area contributed by atoms with E-state index in [1.807, 2.05) is 0 Å². The zero-order chi connectivity index (χ0) is 34.0. The molecule has 0 fully saturated rings. The summed E-state index contributed by atoms with van der Waals surface area (Å²) in [6.45, 7) is 1.16. The third kappa shape index (κ3) is 6.71. The minimum Gasteiger partial charge on any atom is -0.493 e. The van der Waals surface area contributed by atoms with Crippen molar-refractivity contribution in [3.8, 4) is 51.2 Å². The molecule has 5 rings (SSSR count). The van der Waals surface area contributed by atoms with Crippen molar-refractivity contribution >= 4 is 26.7 Å². The Morgan fingerprint density at radius 3 is 2.17 bits per heavy atom. The van der Waals surface area contributed by atoms with Gasteiger partial charge in [0, 0.05) is 47.8 Å². The van der Waals surface area contributed by atoms with Gasteiger partial charge in [0.2, 0.25) is 15.8 Å². The van der Waals surface area contributed by atoms with Crippen molar-refractivity contribution in [3.63, 3.8) is 0 Å². The standard InChI is InChI=1S/C32H29F3N2O9S/c1-5-47(40,41)36-19-6-7-25(45-30-23(34)12-18(33)13-24(30)35)20(14-19)22-16-37(2)32(39)21-15-26(46-29(21)22)17-10-27(42-3)31(44-9-8-38)28(11-17)43-4/h6-7,10-16,36,38H,5,8-9H2,1-4H3. The Kier molecular flexibility index (Phi) is 9.40. The number of fused-ring (bicyclic) bond motifs is 1. The fraction of sp³-hybridized carbons (Fsp3) is 0.219. The smallest absolute Gasteiger partial charge is 0.261 e. The van der Waals surface area contributed by atoms with Crippen LogP contribution in [0.1, 0.15) is 6.92 Å². The zero-order valence-electron chi connectivity index (χ0n) is 25.5. The summed E-state index contributed by atoms with van der Waals surface area (Å²) in [6, 6.07) is 9.47. The Hall–Kier alpha value is -5.15. The first kappa shape index (κ1) is 33.2. The number of benzene rings is 3. The molecule has 0 aliphatic heterocycles. The minimum atomic E-state index is -3.75. The van der Waals surface area contributed by atoms with E-state index in [0.29, 0.717) is 17.7 Å². The average molecular weight is 675 g/mol. The van der Waals surface area contributed by atoms with Gasteiger partial charge < -0.3 is 33.0 Å². The number of aliphatic hydroxyl groups is 1. The summed E-state index contributed by atoms with van der Waals surface area (Å²) < 4.78 is 99.7. The van der Waals surface area contributed by atoms with E-state index in [1.165, 1.54) is 63.2 Å². The van der Waals surface area contributed by atoms with Gasteiger partial charge in [-0.3, -0.25) is 9.52 Å². The molecule has 47 heavy (non-hydrogen) atoms. The van der Waals surface area contributed by atoms with Gasteiger partial charge in [-0.15, -0.1) is 0 Å². The summed E-state index contributed by atoms with van der Waals surface area (Å²) in [4.78, 5) is 13.3. The van der Waals surface area contributed by atoms with Crippen molar-refractivity contribution in [1.82, 2.24) is 4.57 Å². The first-order valence-corrected chi connectivity index (χ1v) is 15.6. The van der Waals surface area contributed by atoms with Gasteiger partial charge in [-0.2, -0.15) is 0 Å². The number of aromatic nitrogens is 1. The molecular weight excluding hydrogens is 645 g/mol. The number of nitrogens with zero attached hydrogens (tertiary/aromatic N) is 1. The Balaban J connectivity index is 1.74. The van der Waals surface area contributed by atoms with E-state index < -0.39 is 38.8 Å². The van der Waals surface area contributed by atoms with Crippen molar-refractivity contribution in [3.05, 3.63) is 82.5 Å². The van der Waals surface area contributed by atoms with Crippen LogP contribution in [0.2, 0.25) is 0 Å². The summed E-state index contributed by atoms with van der Waals surface area (Å²) >= 11 is 0. The number of aryl methyl sites for hydroxylation is 1. The number of ether oxygens (including phenoxy) is 4. The molecule has 0 atom stereocenters. The molecule has 0 aliphatic rings. The third-order valence-electron chi connectivity index (χ3n) is 7.03. The molecule has 248 valence electrons. The molecule has 2 aromatic heterocycles. The van der Waals surface area contributed by atoms with Crippen LogP contribution in [0.15, 0.2) is 63.9 Å². The number of rotatable bonds is 12. The third-order valence-corrected chi connectivity index (χ3v) is 8.34. The lowest BCUT2D eigenvalue weighted by molar-refractivity contribution is 0.191. The van der Waals surface area contributed by atoms with Crippen LogP contribution in [0, 0.1) is 17.5 Å². The summed E-state index contributed by atoms with van der Waals surface area (Å²) in [7, 11) is 0.536. The molecule has 0 radical (unpaired) electrons. The topological polar surface area (TPSA) is 138 Å². The van der Waals surface area contributed by atoms with Gasteiger partial charge in [-0.25, -0.2) is 21.6 Å². The molecule has 15 heteroatoms. The summed E-state index contributed by atoms with van der Waals surface area (Å²) in [5.74, 6) is -4.18. The number of sulfonamides is 1. The molecule has 3 aromatic carbocycles. The molecule has 0 spiro atoms. The first-order valence-electron chi connectivity index (χ1n) is 14.0. The zero-order valence-corrected chi connectivity index (χ0v) is 26.3. The van der Waals surface area contributed by atoms with Crippen LogP contribution in [0.5, 0.6) is 28.7 Å². The number of halogens is 3. The molecule has 11 nitrogen and oxygen atoms in total. The number of anilines is 1. The van der Waals surface area contributed by atoms with Gasteiger partial charge >= 0.3 is 0 Å². The Morgan fingerprint density at radius 2 is 1.57 bits per heavy atom. The highest BCUT2D eigenvalue weighted by molar-refractivity contribution is 7.92. The fourth-order valence-electron chi connectivity index (χ4n) is 4.78. The Bertz CT molecular complexity index is 2100. The second-order valence-corrected chi connectivity index (χ2v) is 12.1. The molecule has 2 heterocycles. The monoisotopic (exact) mass is 674 g/mol. The highest BCUT2D eigenvalue weighted by atomic mass is 32.2. The largest absolute Gasteiger partial charge is 0.493 e. The van der Waals surface area contributed by atoms with E-state index >= 15 is 0 Å². The molecule has 0 saturated heterocycles. The number of furan rings is 1. The lowest BCUT2D eigenvalue weighted by Gasteiger charge is -2.16. The van der Waals surface area contributed by atoms with E-state index in [1.54, 1.807) is 12.1 Å². The highest BCUT2D eigenvalue weighted by Crippen LogP contribution is 2.44. The molecule has 0 saturated carbocycles. The van der Waals surface area contributed by atoms with Crippen molar-refractivity contribution in [1.29, 1.82) is 0 Å². The normalized spacial score (nSPS) is 11.5. The number of nitrogens with one attached hydrogen (secondary N) is 1. The SMILES string of the molecule is CCS(=O)(=O)Nc1ccc(Oc2c(F)cc(F)cc2F)c(-c2cn(C)c(=O)c3cc(-c4cc(OC)c(OCCO)c(OC)c4)oc23)c1. The first-order chi connectivity index (χ1) is 22.4. The van der Waals surface area contributed by atoms with E-state index in [9.17, 15) is 31.5 Å². The van der Waals surface area contributed by atoms with Gasteiger partial charge in [-0.1, -0.05) is 0 Å². The van der Waals surface area contributed by atoms with E-state index in [0.717, 1.165) is 0 Å². The van der Waals surface area contributed by atoms with Gasteiger partial charge in [0.1, 0.15) is 29.5 Å². The quantitative estimate of drug-likeness (QED) is 0.168. The summed E-state index contributed by atoms with van der Waals surface area (Å²) in [5, 5.41) is 9.31. The van der Waals surface area contributed by atoms with Gasteiger partial charge in [0.15, 0.2) is 28.9 Å². The number of hydrogen-bond donors (Lipinski definition) is 2. The van der Waals surface area contributed by atoms with Crippen LogP contribution in [0.4, 0.5) is 18.9 Å². The van der Waals surface area contributed by atoms with Crippen molar-refractivity contribution in [2.24, 2.45) is 7.05 Å². The number of methoxy groups -OCH3 is 2. The lowest BCUT2D eigenvalue weighted by atomic mass is 10.0. The Labute approximate surface area is 266 Å². The van der Waals surface area contributed by atoms with Gasteiger partial charge in [0.25, 0.3) is 5.56 Å². The van der Waals surface area contributed by atoms with Crippen LogP contribution in [0.3, 0.4) is 0 Å². The van der Waals surface area contributed by atoms with Crippen LogP contribution in [0.25, 0.3) is 33.4 Å². The average Bonchev–Trinajstić information content (AvgIpc) is 3.49. The van der Waals surface area contributed by atoms with Crippen LogP contribution >= 0.6 is 0 Å². The van der Waals surface area contributed by atoms with Crippen LogP contribution < -0.4 is 29.2 Å². The maximum Gasteiger partial charge on any atom is 0.261 e. The second kappa shape index (κ2) is 13.3. The van der Waals surface area contributed by atoms with Gasteiger partial charge in [-0.05, 0) is 43.3 Å². The summed E-state index contributed by atoms with van der Waals surface area (Å²) in [6.07, 6.45) is 1.39. The Morgan fingerprint density at radius 1 is 0.915 bits per heavy atom. The molecule has 0 aliphatic carbocycles. The number of aliphatic hydroxyl groups excluding tert-OH is 1. The minimum absolute atomic E-state index is 0.0281. The molecule has 5 aromatic rings. The lowest BCUT2D eigenvalue weighted by Crippen LogP contribution is -2.16. The number of pyridine rings is 1. The molecule has 2 N–H and O–H groups in total. The predicted octanol–water partition coefficient (Wildman–Crippen LogP) is 5.83. The van der Waals surface area contributed by atoms with Crippen LogP contribution in [-0.2, 0) is 17.1 Å². The fourth-order valence-corrected chi connectivity index (χ4v) is 5.41. The second-order valence-electron chi connectivity index (χ2n) is 10.1. The molecule has 0 unspecified atom stereocenters. The molecule has 0 amide bonds. The predicted molar refractivity (Wildman–Crippen MR) is 167 cm³/mol. The van der Waals surface area contributed by atoms with E-state index in [4.69, 9.17) is 23.4 Å².